The lowest BCUT2D eigenvalue weighted by Crippen LogP contribution is -2.05. The van der Waals surface area contributed by atoms with E-state index in [0.29, 0.717) is 11.6 Å². The Hall–Kier alpha value is -2.76. The van der Waals surface area contributed by atoms with Crippen molar-refractivity contribution < 1.29 is 4.74 Å². The summed E-state index contributed by atoms with van der Waals surface area (Å²) in [7, 11) is 1.68. The zero-order valence-corrected chi connectivity index (χ0v) is 18.2. The molecule has 1 aromatic heterocycles. The van der Waals surface area contributed by atoms with E-state index in [1.165, 1.54) is 11.1 Å². The van der Waals surface area contributed by atoms with Gasteiger partial charge in [0.1, 0.15) is 5.75 Å². The molecule has 0 radical (unpaired) electrons. The number of aromatic nitrogens is 3. The van der Waals surface area contributed by atoms with E-state index < -0.39 is 0 Å². The van der Waals surface area contributed by atoms with Gasteiger partial charge >= 0.3 is 0 Å². The smallest absolute Gasteiger partial charge is 0.191 e. The Balaban J connectivity index is 1.56. The molecule has 1 heterocycles. The molecule has 0 N–H and O–H groups in total. The van der Waals surface area contributed by atoms with Crippen LogP contribution in [0.2, 0.25) is 5.02 Å². The molecule has 0 saturated heterocycles. The van der Waals surface area contributed by atoms with Gasteiger partial charge in [0.25, 0.3) is 0 Å². The number of nitrogens with zero attached hydrogens (tertiary/aromatic N) is 3. The van der Waals surface area contributed by atoms with Gasteiger partial charge < -0.3 is 4.74 Å². The monoisotopic (exact) mass is 435 g/mol. The molecule has 4 rings (SSSR count). The largest absolute Gasteiger partial charge is 0.497 e. The van der Waals surface area contributed by atoms with Crippen LogP contribution in [0.4, 0.5) is 0 Å². The summed E-state index contributed by atoms with van der Waals surface area (Å²) in [5, 5.41) is 10.5. The zero-order valence-electron chi connectivity index (χ0n) is 16.7. The molecule has 3 aromatic carbocycles. The third kappa shape index (κ3) is 4.86. The van der Waals surface area contributed by atoms with Crippen LogP contribution in [0.25, 0.3) is 11.4 Å². The molecule has 0 spiro atoms. The number of hydrogen-bond donors (Lipinski definition) is 0. The Morgan fingerprint density at radius 2 is 1.60 bits per heavy atom. The summed E-state index contributed by atoms with van der Waals surface area (Å²) in [4.78, 5) is 0. The van der Waals surface area contributed by atoms with Gasteiger partial charge in [0.2, 0.25) is 0 Å². The first-order valence-corrected chi connectivity index (χ1v) is 11.1. The van der Waals surface area contributed by atoms with Gasteiger partial charge in [0.15, 0.2) is 11.0 Å². The van der Waals surface area contributed by atoms with Gasteiger partial charge in [-0.25, -0.2) is 0 Å². The quantitative estimate of drug-likeness (QED) is 0.319. The van der Waals surface area contributed by atoms with Crippen LogP contribution in [0, 0.1) is 0 Å². The molecular weight excluding hydrogens is 414 g/mol. The highest BCUT2D eigenvalue weighted by molar-refractivity contribution is 7.99. The summed E-state index contributed by atoms with van der Waals surface area (Å²) in [6, 6.07) is 26.3. The fraction of sp³-hybridized carbons (Fsp3) is 0.167. The molecule has 0 aliphatic carbocycles. The van der Waals surface area contributed by atoms with E-state index in [1.54, 1.807) is 18.9 Å². The van der Waals surface area contributed by atoms with Gasteiger partial charge in [-0.1, -0.05) is 78.0 Å². The van der Waals surface area contributed by atoms with Crippen molar-refractivity contribution in [3.8, 4) is 17.1 Å². The molecule has 0 aliphatic rings. The number of halogens is 1. The van der Waals surface area contributed by atoms with Gasteiger partial charge in [-0.15, -0.1) is 10.2 Å². The number of hydrogen-bond acceptors (Lipinski definition) is 4. The number of rotatable bonds is 8. The summed E-state index contributed by atoms with van der Waals surface area (Å²) in [6.07, 6.45) is 0.939. The SMILES string of the molecule is COc1ccc(CCSc2nnc(-c3ccccc3Cl)n2Cc2ccccc2)cc1. The van der Waals surface area contributed by atoms with Crippen LogP contribution < -0.4 is 4.74 Å². The van der Waals surface area contributed by atoms with E-state index in [9.17, 15) is 0 Å². The number of benzene rings is 3. The Morgan fingerprint density at radius 1 is 0.867 bits per heavy atom. The second kappa shape index (κ2) is 9.83. The minimum atomic E-state index is 0.675. The first-order chi connectivity index (χ1) is 14.7. The molecule has 0 fully saturated rings. The molecular formula is C24H22ClN3OS. The van der Waals surface area contributed by atoms with Gasteiger partial charge in [-0.3, -0.25) is 4.57 Å². The summed E-state index contributed by atoms with van der Waals surface area (Å²) >= 11 is 8.16. The molecule has 0 atom stereocenters. The summed E-state index contributed by atoms with van der Waals surface area (Å²) in [5.74, 6) is 2.57. The van der Waals surface area contributed by atoms with E-state index in [-0.39, 0.29) is 0 Å². The normalized spacial score (nSPS) is 10.9. The molecule has 152 valence electrons. The standard InChI is InChI=1S/C24H22ClN3OS/c1-29-20-13-11-18(12-14-20)15-16-30-24-27-26-23(21-9-5-6-10-22(21)25)28(24)17-19-7-3-2-4-8-19/h2-14H,15-17H2,1H3. The molecule has 0 amide bonds. The van der Waals surface area contributed by atoms with Crippen LogP contribution in [-0.4, -0.2) is 27.6 Å². The lowest BCUT2D eigenvalue weighted by atomic mass is 10.2. The van der Waals surface area contributed by atoms with E-state index in [4.69, 9.17) is 16.3 Å². The van der Waals surface area contributed by atoms with Crippen molar-refractivity contribution in [1.29, 1.82) is 0 Å². The maximum Gasteiger partial charge on any atom is 0.191 e. The average Bonchev–Trinajstić information content (AvgIpc) is 3.17. The number of ether oxygens (including phenoxy) is 1. The first-order valence-electron chi connectivity index (χ1n) is 9.72. The fourth-order valence-corrected chi connectivity index (χ4v) is 4.34. The van der Waals surface area contributed by atoms with Crippen LogP contribution in [0.15, 0.2) is 84.0 Å². The maximum absolute atomic E-state index is 6.45. The number of aryl methyl sites for hydroxylation is 1. The van der Waals surface area contributed by atoms with Crippen LogP contribution in [0.1, 0.15) is 11.1 Å². The highest BCUT2D eigenvalue weighted by Gasteiger charge is 2.16. The second-order valence-corrected chi connectivity index (χ2v) is 8.27. The van der Waals surface area contributed by atoms with Gasteiger partial charge in [-0.2, -0.15) is 0 Å². The number of thioether (sulfide) groups is 1. The molecule has 4 aromatic rings. The lowest BCUT2D eigenvalue weighted by molar-refractivity contribution is 0.414. The second-order valence-electron chi connectivity index (χ2n) is 6.80. The maximum atomic E-state index is 6.45. The van der Waals surface area contributed by atoms with Crippen LogP contribution >= 0.6 is 23.4 Å². The third-order valence-electron chi connectivity index (χ3n) is 4.80. The molecule has 0 saturated carbocycles. The van der Waals surface area contributed by atoms with Crippen molar-refractivity contribution in [2.24, 2.45) is 0 Å². The molecule has 6 heteroatoms. The lowest BCUT2D eigenvalue weighted by Gasteiger charge is -2.11. The predicted molar refractivity (Wildman–Crippen MR) is 123 cm³/mol. The van der Waals surface area contributed by atoms with E-state index in [1.807, 2.05) is 54.6 Å². The van der Waals surface area contributed by atoms with Crippen molar-refractivity contribution in [1.82, 2.24) is 14.8 Å². The highest BCUT2D eigenvalue weighted by Crippen LogP contribution is 2.30. The Kier molecular flexibility index (Phi) is 6.72. The van der Waals surface area contributed by atoms with Crippen molar-refractivity contribution in [2.75, 3.05) is 12.9 Å². The van der Waals surface area contributed by atoms with Gasteiger partial charge in [0, 0.05) is 11.3 Å². The Labute approximate surface area is 185 Å². The summed E-state index contributed by atoms with van der Waals surface area (Å²) in [5.41, 5.74) is 3.36. The zero-order chi connectivity index (χ0) is 20.8. The minimum absolute atomic E-state index is 0.675. The van der Waals surface area contributed by atoms with Crippen molar-refractivity contribution in [2.45, 2.75) is 18.1 Å². The molecule has 0 bridgehead atoms. The fourth-order valence-electron chi connectivity index (χ4n) is 3.20. The topological polar surface area (TPSA) is 39.9 Å². The average molecular weight is 436 g/mol. The van der Waals surface area contributed by atoms with E-state index in [0.717, 1.165) is 34.5 Å². The molecule has 0 unspecified atom stereocenters. The van der Waals surface area contributed by atoms with Gasteiger partial charge in [-0.05, 0) is 41.8 Å². The van der Waals surface area contributed by atoms with Gasteiger partial charge in [0.05, 0.1) is 18.7 Å². The van der Waals surface area contributed by atoms with Crippen LogP contribution in [0.3, 0.4) is 0 Å². The third-order valence-corrected chi connectivity index (χ3v) is 6.09. The number of methoxy groups -OCH3 is 1. The molecule has 0 aliphatic heterocycles. The minimum Gasteiger partial charge on any atom is -0.497 e. The van der Waals surface area contributed by atoms with Crippen molar-refractivity contribution in [3.05, 3.63) is 95.0 Å². The van der Waals surface area contributed by atoms with E-state index in [2.05, 4.69) is 39.0 Å². The highest BCUT2D eigenvalue weighted by atomic mass is 35.5. The van der Waals surface area contributed by atoms with Crippen molar-refractivity contribution in [3.63, 3.8) is 0 Å². The summed E-state index contributed by atoms with van der Waals surface area (Å²) < 4.78 is 7.38. The predicted octanol–water partition coefficient (Wildman–Crippen LogP) is 5.99. The Morgan fingerprint density at radius 3 is 2.33 bits per heavy atom. The van der Waals surface area contributed by atoms with Crippen LogP contribution in [-0.2, 0) is 13.0 Å². The van der Waals surface area contributed by atoms with Crippen molar-refractivity contribution >= 4 is 23.4 Å². The van der Waals surface area contributed by atoms with E-state index >= 15 is 0 Å². The molecule has 4 nitrogen and oxygen atoms in total. The summed E-state index contributed by atoms with van der Waals surface area (Å²) in [6.45, 7) is 0.694. The Bertz CT molecular complexity index is 1100. The first kappa shape index (κ1) is 20.5. The van der Waals surface area contributed by atoms with Crippen LogP contribution in [0.5, 0.6) is 5.75 Å². The molecule has 30 heavy (non-hydrogen) atoms.